The molecule has 11 nitrogen and oxygen atoms in total. The molecule has 1 aliphatic rings. The molecule has 0 aromatic heterocycles. The van der Waals surface area contributed by atoms with E-state index < -0.39 is 26.1 Å². The van der Waals surface area contributed by atoms with Gasteiger partial charge in [-0.15, -0.1) is 0 Å². The maximum absolute atomic E-state index is 12.9. The summed E-state index contributed by atoms with van der Waals surface area (Å²) in [6.07, 6.45) is 0.0622. The molecule has 4 N–H and O–H groups in total. The molecule has 3 rings (SSSR count). The topological polar surface area (TPSA) is 162 Å². The summed E-state index contributed by atoms with van der Waals surface area (Å²) in [5.41, 5.74) is 0.398. The lowest BCUT2D eigenvalue weighted by atomic mass is 9.97. The molecule has 0 atom stereocenters. The van der Waals surface area contributed by atoms with Gasteiger partial charge in [-0.3, -0.25) is 9.52 Å². The molecule has 0 bridgehead atoms. The normalized spacial score (nSPS) is 15.0. The van der Waals surface area contributed by atoms with Crippen molar-refractivity contribution in [3.05, 3.63) is 48.5 Å². The monoisotopic (exact) mass is 510 g/mol. The maximum Gasteiger partial charge on any atom is 0.407 e. The lowest BCUT2D eigenvalue weighted by Gasteiger charge is -2.29. The van der Waals surface area contributed by atoms with E-state index in [2.05, 4.69) is 14.8 Å². The van der Waals surface area contributed by atoms with Crippen LogP contribution in [0.2, 0.25) is 0 Å². The molecular weight excluding hydrogens is 484 g/mol. The molecule has 1 aliphatic heterocycles. The predicted octanol–water partition coefficient (Wildman–Crippen LogP) is 2.11. The first-order chi connectivity index (χ1) is 16.0. The van der Waals surface area contributed by atoms with Gasteiger partial charge in [0.2, 0.25) is 15.9 Å². The number of nitrogens with one attached hydrogen (secondary N) is 3. The molecule has 2 aromatic rings. The highest BCUT2D eigenvalue weighted by atomic mass is 32.2. The van der Waals surface area contributed by atoms with Crippen LogP contribution >= 0.6 is 0 Å². The van der Waals surface area contributed by atoms with Gasteiger partial charge in [0.05, 0.1) is 21.2 Å². The van der Waals surface area contributed by atoms with Crippen LogP contribution in [0.1, 0.15) is 19.8 Å². The number of amides is 2. The number of nitrogens with zero attached hydrogens (tertiary/aromatic N) is 1. The van der Waals surface area contributed by atoms with Crippen LogP contribution in [0.15, 0.2) is 58.3 Å². The zero-order valence-electron chi connectivity index (χ0n) is 18.4. The standard InChI is InChI=1S/C21H26N4O7S2/c1-15(26)23-19-7-2-3-8-20(19)24-34(31,32)18-6-4-5-17(13-18)33(29,30)22-14-16-9-11-25(12-10-16)21(27)28/h2-8,13,16,22,24H,9-12,14H2,1H3,(H,23,26)(H,27,28). The number of carbonyl (C=O) groups excluding carboxylic acids is 1. The van der Waals surface area contributed by atoms with E-state index in [1.165, 1.54) is 42.2 Å². The number of carbonyl (C=O) groups is 2. The number of anilines is 2. The van der Waals surface area contributed by atoms with Gasteiger partial charge in [-0.1, -0.05) is 18.2 Å². The van der Waals surface area contributed by atoms with Crippen molar-refractivity contribution in [1.29, 1.82) is 0 Å². The third-order valence-corrected chi connectivity index (χ3v) is 8.14. The van der Waals surface area contributed by atoms with E-state index in [-0.39, 0.29) is 39.5 Å². The fraction of sp³-hybridized carbons (Fsp3) is 0.333. The van der Waals surface area contributed by atoms with Gasteiger partial charge in [0, 0.05) is 26.6 Å². The van der Waals surface area contributed by atoms with Crippen LogP contribution in [0.3, 0.4) is 0 Å². The third-order valence-electron chi connectivity index (χ3n) is 5.36. The summed E-state index contributed by atoms with van der Waals surface area (Å²) >= 11 is 0. The molecule has 0 saturated carbocycles. The molecule has 0 spiro atoms. The van der Waals surface area contributed by atoms with Crippen molar-refractivity contribution in [2.24, 2.45) is 5.92 Å². The van der Waals surface area contributed by atoms with Crippen molar-refractivity contribution >= 4 is 43.4 Å². The minimum absolute atomic E-state index is 0.0239. The Labute approximate surface area is 198 Å². The summed E-state index contributed by atoms with van der Waals surface area (Å²) in [6, 6.07) is 11.2. The van der Waals surface area contributed by atoms with Crippen molar-refractivity contribution in [1.82, 2.24) is 9.62 Å². The van der Waals surface area contributed by atoms with Crippen LogP contribution in [-0.4, -0.2) is 58.5 Å². The van der Waals surface area contributed by atoms with Crippen LogP contribution in [-0.2, 0) is 24.8 Å². The third kappa shape index (κ3) is 6.46. The van der Waals surface area contributed by atoms with Gasteiger partial charge in [0.1, 0.15) is 0 Å². The minimum Gasteiger partial charge on any atom is -0.465 e. The van der Waals surface area contributed by atoms with Crippen molar-refractivity contribution in [3.8, 4) is 0 Å². The molecule has 34 heavy (non-hydrogen) atoms. The Balaban J connectivity index is 1.72. The summed E-state index contributed by atoms with van der Waals surface area (Å²) in [4.78, 5) is 23.2. The first kappa shape index (κ1) is 25.5. The fourth-order valence-corrected chi connectivity index (χ4v) is 5.88. The summed E-state index contributed by atoms with van der Waals surface area (Å²) < 4.78 is 56.3. The van der Waals surface area contributed by atoms with Crippen LogP contribution in [0.25, 0.3) is 0 Å². The molecule has 0 unspecified atom stereocenters. The lowest BCUT2D eigenvalue weighted by Crippen LogP contribution is -2.40. The van der Waals surface area contributed by atoms with Crippen molar-refractivity contribution in [2.75, 3.05) is 29.7 Å². The van der Waals surface area contributed by atoms with Gasteiger partial charge in [-0.25, -0.2) is 26.4 Å². The fourth-order valence-electron chi connectivity index (χ4n) is 3.52. The highest BCUT2D eigenvalue weighted by molar-refractivity contribution is 7.93. The number of hydrogen-bond donors (Lipinski definition) is 4. The van der Waals surface area contributed by atoms with Gasteiger partial charge in [-0.05, 0) is 49.1 Å². The molecular formula is C21H26N4O7S2. The summed E-state index contributed by atoms with van der Waals surface area (Å²) in [7, 11) is -8.16. The molecule has 1 fully saturated rings. The predicted molar refractivity (Wildman–Crippen MR) is 126 cm³/mol. The first-order valence-electron chi connectivity index (χ1n) is 10.4. The number of hydrogen-bond acceptors (Lipinski definition) is 6. The van der Waals surface area contributed by atoms with Crippen molar-refractivity contribution in [2.45, 2.75) is 29.6 Å². The second kappa shape index (κ2) is 10.4. The molecule has 13 heteroatoms. The van der Waals surface area contributed by atoms with Gasteiger partial charge in [0.15, 0.2) is 0 Å². The zero-order valence-corrected chi connectivity index (χ0v) is 20.0. The first-order valence-corrected chi connectivity index (χ1v) is 13.4. The zero-order chi connectivity index (χ0) is 24.9. The summed E-state index contributed by atoms with van der Waals surface area (Å²) in [5.74, 6) is -0.399. The Morgan fingerprint density at radius 2 is 1.53 bits per heavy atom. The molecule has 2 amide bonds. The average molecular weight is 511 g/mol. The van der Waals surface area contributed by atoms with Gasteiger partial charge in [0.25, 0.3) is 10.0 Å². The SMILES string of the molecule is CC(=O)Nc1ccccc1NS(=O)(=O)c1cccc(S(=O)(=O)NCC2CCN(C(=O)O)CC2)c1. The lowest BCUT2D eigenvalue weighted by molar-refractivity contribution is -0.114. The Morgan fingerprint density at radius 3 is 2.12 bits per heavy atom. The van der Waals surface area contributed by atoms with E-state index in [9.17, 15) is 26.4 Å². The second-order valence-corrected chi connectivity index (χ2v) is 11.3. The van der Waals surface area contributed by atoms with Gasteiger partial charge < -0.3 is 15.3 Å². The molecule has 0 radical (unpaired) electrons. The smallest absolute Gasteiger partial charge is 0.407 e. The number of rotatable bonds is 8. The maximum atomic E-state index is 12.9. The van der Waals surface area contributed by atoms with E-state index in [1.807, 2.05) is 0 Å². The molecule has 1 heterocycles. The molecule has 0 aliphatic carbocycles. The Kier molecular flexibility index (Phi) is 7.79. The van der Waals surface area contributed by atoms with E-state index in [1.54, 1.807) is 12.1 Å². The van der Waals surface area contributed by atoms with Crippen molar-refractivity contribution in [3.63, 3.8) is 0 Å². The second-order valence-electron chi connectivity index (χ2n) is 7.87. The van der Waals surface area contributed by atoms with Crippen molar-refractivity contribution < 1.29 is 31.5 Å². The summed E-state index contributed by atoms with van der Waals surface area (Å²) in [6.45, 7) is 2.08. The van der Waals surface area contributed by atoms with Crippen LogP contribution in [0, 0.1) is 5.92 Å². The Bertz CT molecular complexity index is 1270. The van der Waals surface area contributed by atoms with E-state index >= 15 is 0 Å². The van der Waals surface area contributed by atoms with Crippen LogP contribution in [0.4, 0.5) is 16.2 Å². The molecule has 184 valence electrons. The average Bonchev–Trinajstić information content (AvgIpc) is 2.79. The highest BCUT2D eigenvalue weighted by Crippen LogP contribution is 2.25. The summed E-state index contributed by atoms with van der Waals surface area (Å²) in [5, 5.41) is 11.5. The highest BCUT2D eigenvalue weighted by Gasteiger charge is 2.25. The van der Waals surface area contributed by atoms with E-state index in [0.29, 0.717) is 25.9 Å². The number of likely N-dealkylation sites (tertiary alicyclic amines) is 1. The number of piperidine rings is 1. The van der Waals surface area contributed by atoms with E-state index in [4.69, 9.17) is 5.11 Å². The number of carboxylic acid groups (broad SMARTS) is 1. The quantitative estimate of drug-likeness (QED) is 0.423. The molecule has 2 aromatic carbocycles. The number of benzene rings is 2. The minimum atomic E-state index is -4.16. The molecule has 1 saturated heterocycles. The van der Waals surface area contributed by atoms with Gasteiger partial charge >= 0.3 is 6.09 Å². The Hall–Kier alpha value is -3.16. The van der Waals surface area contributed by atoms with Crippen LogP contribution in [0.5, 0.6) is 0 Å². The number of sulfonamides is 2. The van der Waals surface area contributed by atoms with E-state index in [0.717, 1.165) is 6.07 Å². The number of para-hydroxylation sites is 2. The largest absolute Gasteiger partial charge is 0.465 e. The van der Waals surface area contributed by atoms with Gasteiger partial charge in [-0.2, -0.15) is 0 Å². The Morgan fingerprint density at radius 1 is 0.941 bits per heavy atom. The van der Waals surface area contributed by atoms with Crippen LogP contribution < -0.4 is 14.8 Å².